The third-order valence-electron chi connectivity index (χ3n) is 3.41. The van der Waals surface area contributed by atoms with Crippen molar-refractivity contribution in [2.75, 3.05) is 40.3 Å². The smallest absolute Gasteiger partial charge is 0.317 e. The predicted molar refractivity (Wildman–Crippen MR) is 79.3 cm³/mol. The standard InChI is InChI=1S/C14H27N3O4/c1-11(10-16(2)3)15-14(20)17-7-4-12(5-8-17)21-9-6-13(18)19/h11-12H,4-10H2,1-3H3,(H,15,20)(H,18,19). The van der Waals surface area contributed by atoms with Crippen LogP contribution in [0.4, 0.5) is 4.79 Å². The summed E-state index contributed by atoms with van der Waals surface area (Å²) in [5.41, 5.74) is 0. The van der Waals surface area contributed by atoms with Crippen LogP contribution in [0.15, 0.2) is 0 Å². The first kappa shape index (κ1) is 17.7. The zero-order valence-electron chi connectivity index (χ0n) is 13.2. The average molecular weight is 301 g/mol. The molecule has 0 aliphatic carbocycles. The van der Waals surface area contributed by atoms with Gasteiger partial charge in [-0.15, -0.1) is 0 Å². The fraction of sp³-hybridized carbons (Fsp3) is 0.857. The SMILES string of the molecule is CC(CN(C)C)NC(=O)N1CCC(OCCC(=O)O)CC1. The molecule has 1 heterocycles. The maximum Gasteiger partial charge on any atom is 0.317 e. The Labute approximate surface area is 126 Å². The molecule has 2 N–H and O–H groups in total. The van der Waals surface area contributed by atoms with Crippen molar-refractivity contribution in [2.45, 2.75) is 38.3 Å². The Hall–Kier alpha value is -1.34. The minimum Gasteiger partial charge on any atom is -0.481 e. The molecule has 7 nitrogen and oxygen atoms in total. The summed E-state index contributed by atoms with van der Waals surface area (Å²) in [6.45, 7) is 4.34. The Morgan fingerprint density at radius 3 is 2.52 bits per heavy atom. The zero-order chi connectivity index (χ0) is 15.8. The van der Waals surface area contributed by atoms with E-state index in [1.807, 2.05) is 25.9 Å². The topological polar surface area (TPSA) is 82.1 Å². The van der Waals surface area contributed by atoms with Gasteiger partial charge in [0.2, 0.25) is 0 Å². The van der Waals surface area contributed by atoms with Crippen LogP contribution in [0.1, 0.15) is 26.2 Å². The van der Waals surface area contributed by atoms with Gasteiger partial charge in [0.05, 0.1) is 19.1 Å². The molecular weight excluding hydrogens is 274 g/mol. The van der Waals surface area contributed by atoms with Gasteiger partial charge >= 0.3 is 12.0 Å². The number of carboxylic acid groups (broad SMARTS) is 1. The molecule has 122 valence electrons. The molecule has 1 fully saturated rings. The van der Waals surface area contributed by atoms with Crippen LogP contribution in [0, 0.1) is 0 Å². The number of likely N-dealkylation sites (N-methyl/N-ethyl adjacent to an activating group) is 1. The van der Waals surface area contributed by atoms with E-state index in [4.69, 9.17) is 9.84 Å². The molecule has 0 aromatic heterocycles. The molecule has 1 aliphatic rings. The van der Waals surface area contributed by atoms with Gasteiger partial charge in [-0.05, 0) is 33.9 Å². The Balaban J connectivity index is 2.22. The number of hydrogen-bond donors (Lipinski definition) is 2. The summed E-state index contributed by atoms with van der Waals surface area (Å²) < 4.78 is 5.51. The lowest BCUT2D eigenvalue weighted by molar-refractivity contribution is -0.138. The number of urea groups is 1. The lowest BCUT2D eigenvalue weighted by Crippen LogP contribution is -2.50. The van der Waals surface area contributed by atoms with Crippen LogP contribution in [-0.4, -0.2) is 79.4 Å². The number of nitrogens with one attached hydrogen (secondary N) is 1. The van der Waals surface area contributed by atoms with Gasteiger partial charge in [-0.3, -0.25) is 4.79 Å². The number of likely N-dealkylation sites (tertiary alicyclic amines) is 1. The molecule has 1 unspecified atom stereocenters. The van der Waals surface area contributed by atoms with Crippen molar-refractivity contribution in [1.29, 1.82) is 0 Å². The number of amides is 2. The Morgan fingerprint density at radius 2 is 2.00 bits per heavy atom. The summed E-state index contributed by atoms with van der Waals surface area (Å²) in [5, 5.41) is 11.5. The number of nitrogens with zero attached hydrogens (tertiary/aromatic N) is 2. The van der Waals surface area contributed by atoms with Crippen molar-refractivity contribution in [1.82, 2.24) is 15.1 Å². The van der Waals surface area contributed by atoms with E-state index < -0.39 is 5.97 Å². The van der Waals surface area contributed by atoms with Gasteiger partial charge in [-0.2, -0.15) is 0 Å². The highest BCUT2D eigenvalue weighted by atomic mass is 16.5. The van der Waals surface area contributed by atoms with Crippen molar-refractivity contribution in [3.63, 3.8) is 0 Å². The molecule has 1 atom stereocenters. The minimum atomic E-state index is -0.846. The molecule has 0 radical (unpaired) electrons. The summed E-state index contributed by atoms with van der Waals surface area (Å²) in [7, 11) is 3.95. The molecule has 7 heteroatoms. The largest absolute Gasteiger partial charge is 0.481 e. The molecule has 1 aliphatic heterocycles. The lowest BCUT2D eigenvalue weighted by atomic mass is 10.1. The molecule has 0 spiro atoms. The molecule has 0 saturated carbocycles. The number of ether oxygens (including phenoxy) is 1. The summed E-state index contributed by atoms with van der Waals surface area (Å²) in [6.07, 6.45) is 1.61. The van der Waals surface area contributed by atoms with Crippen LogP contribution in [0.3, 0.4) is 0 Å². The second-order valence-corrected chi connectivity index (χ2v) is 5.81. The van der Waals surface area contributed by atoms with E-state index in [0.29, 0.717) is 13.1 Å². The molecule has 2 amide bonds. The molecular formula is C14H27N3O4. The monoisotopic (exact) mass is 301 g/mol. The van der Waals surface area contributed by atoms with E-state index in [1.54, 1.807) is 4.90 Å². The maximum atomic E-state index is 12.1. The predicted octanol–water partition coefficient (Wildman–Crippen LogP) is 0.602. The molecule has 0 aromatic carbocycles. The number of carboxylic acids is 1. The van der Waals surface area contributed by atoms with Crippen molar-refractivity contribution < 1.29 is 19.4 Å². The summed E-state index contributed by atoms with van der Waals surface area (Å²) in [6, 6.07) is 0.0744. The lowest BCUT2D eigenvalue weighted by Gasteiger charge is -2.33. The molecule has 1 rings (SSSR count). The average Bonchev–Trinajstić information content (AvgIpc) is 2.37. The summed E-state index contributed by atoms with van der Waals surface area (Å²) in [4.78, 5) is 26.3. The first-order chi connectivity index (χ1) is 9.88. The van der Waals surface area contributed by atoms with Gasteiger partial charge < -0.3 is 25.0 Å². The van der Waals surface area contributed by atoms with E-state index in [-0.39, 0.29) is 31.2 Å². The molecule has 1 saturated heterocycles. The molecule has 0 aromatic rings. The van der Waals surface area contributed by atoms with Crippen LogP contribution in [0.5, 0.6) is 0 Å². The highest BCUT2D eigenvalue weighted by Gasteiger charge is 2.24. The number of carbonyl (C=O) groups excluding carboxylic acids is 1. The Morgan fingerprint density at radius 1 is 1.38 bits per heavy atom. The van der Waals surface area contributed by atoms with E-state index in [1.165, 1.54) is 0 Å². The van der Waals surface area contributed by atoms with Crippen LogP contribution in [0.2, 0.25) is 0 Å². The van der Waals surface area contributed by atoms with Crippen LogP contribution in [0.25, 0.3) is 0 Å². The number of hydrogen-bond acceptors (Lipinski definition) is 4. The first-order valence-electron chi connectivity index (χ1n) is 7.42. The number of rotatable bonds is 7. The molecule has 0 bridgehead atoms. The van der Waals surface area contributed by atoms with Crippen LogP contribution < -0.4 is 5.32 Å². The second-order valence-electron chi connectivity index (χ2n) is 5.81. The van der Waals surface area contributed by atoms with Gasteiger partial charge in [0, 0.05) is 25.7 Å². The number of aliphatic carboxylic acids is 1. The van der Waals surface area contributed by atoms with Gasteiger partial charge in [-0.25, -0.2) is 4.79 Å². The second kappa shape index (κ2) is 8.84. The van der Waals surface area contributed by atoms with Crippen molar-refractivity contribution >= 4 is 12.0 Å². The van der Waals surface area contributed by atoms with Crippen molar-refractivity contribution in [2.24, 2.45) is 0 Å². The van der Waals surface area contributed by atoms with Crippen LogP contribution in [-0.2, 0) is 9.53 Å². The Bertz CT molecular complexity index is 341. The fourth-order valence-corrected chi connectivity index (χ4v) is 2.43. The highest BCUT2D eigenvalue weighted by Crippen LogP contribution is 2.14. The van der Waals surface area contributed by atoms with Gasteiger partial charge in [0.25, 0.3) is 0 Å². The summed E-state index contributed by atoms with van der Waals surface area (Å²) in [5.74, 6) is -0.846. The van der Waals surface area contributed by atoms with Gasteiger partial charge in [0.1, 0.15) is 0 Å². The van der Waals surface area contributed by atoms with Gasteiger partial charge in [-0.1, -0.05) is 0 Å². The third-order valence-corrected chi connectivity index (χ3v) is 3.41. The maximum absolute atomic E-state index is 12.1. The van der Waals surface area contributed by atoms with E-state index >= 15 is 0 Å². The van der Waals surface area contributed by atoms with E-state index in [0.717, 1.165) is 19.4 Å². The van der Waals surface area contributed by atoms with Crippen LogP contribution >= 0.6 is 0 Å². The fourth-order valence-electron chi connectivity index (χ4n) is 2.43. The minimum absolute atomic E-state index is 0.0305. The van der Waals surface area contributed by atoms with Crippen molar-refractivity contribution in [3.05, 3.63) is 0 Å². The zero-order valence-corrected chi connectivity index (χ0v) is 13.2. The van der Waals surface area contributed by atoms with E-state index in [9.17, 15) is 9.59 Å². The third kappa shape index (κ3) is 7.29. The van der Waals surface area contributed by atoms with Crippen molar-refractivity contribution in [3.8, 4) is 0 Å². The first-order valence-corrected chi connectivity index (χ1v) is 7.42. The number of piperidine rings is 1. The quantitative estimate of drug-likeness (QED) is 0.719. The normalized spacial score (nSPS) is 17.8. The number of carbonyl (C=O) groups is 2. The summed E-state index contributed by atoms with van der Waals surface area (Å²) >= 11 is 0. The Kier molecular flexibility index (Phi) is 7.45. The molecule has 21 heavy (non-hydrogen) atoms. The van der Waals surface area contributed by atoms with E-state index in [2.05, 4.69) is 5.32 Å². The van der Waals surface area contributed by atoms with Gasteiger partial charge in [0.15, 0.2) is 0 Å². The highest BCUT2D eigenvalue weighted by molar-refractivity contribution is 5.74.